The molecule has 0 saturated heterocycles. The number of halogens is 8. The van der Waals surface area contributed by atoms with Gasteiger partial charge in [-0.3, -0.25) is 0 Å². The molecule has 1 atom stereocenters. The first-order chi connectivity index (χ1) is 11.2. The van der Waals surface area contributed by atoms with Crippen molar-refractivity contribution in [3.05, 3.63) is 12.7 Å². The Labute approximate surface area is 137 Å². The van der Waals surface area contributed by atoms with Gasteiger partial charge in [0, 0.05) is 31.9 Å². The zero-order valence-corrected chi connectivity index (χ0v) is 12.6. The highest BCUT2D eigenvalue weighted by Crippen LogP contribution is 2.55. The molecule has 4 nitrogen and oxygen atoms in total. The molecule has 1 unspecified atom stereocenters. The Hall–Kier alpha value is -1.43. The van der Waals surface area contributed by atoms with E-state index in [0.717, 1.165) is 0 Å². The molecule has 0 aromatic heterocycles. The molecule has 2 N–H and O–H groups in total. The van der Waals surface area contributed by atoms with Crippen LogP contribution in [0, 0.1) is 0 Å². The summed E-state index contributed by atoms with van der Waals surface area (Å²) in [5.74, 6) is -25.4. The number of esters is 1. The summed E-state index contributed by atoms with van der Waals surface area (Å²) < 4.78 is 111. The van der Waals surface area contributed by atoms with Crippen molar-refractivity contribution in [3.8, 4) is 0 Å². The lowest BCUT2D eigenvalue weighted by Gasteiger charge is -2.37. The summed E-state index contributed by atoms with van der Waals surface area (Å²) in [5, 5.41) is 17.3. The monoisotopic (exact) mass is 388 g/mol. The highest BCUT2D eigenvalue weighted by molar-refractivity contribution is 5.81. The van der Waals surface area contributed by atoms with E-state index in [-0.39, 0.29) is 0 Å². The van der Waals surface area contributed by atoms with Crippen molar-refractivity contribution in [2.75, 3.05) is 6.61 Å². The van der Waals surface area contributed by atoms with E-state index in [0.29, 0.717) is 6.08 Å². The number of carbonyl (C=O) groups is 1. The second-order valence-corrected chi connectivity index (χ2v) is 5.02. The maximum atomic E-state index is 13.4. The van der Waals surface area contributed by atoms with E-state index in [9.17, 15) is 39.9 Å². The number of rotatable bonds is 11. The third-order valence-corrected chi connectivity index (χ3v) is 3.09. The standard InChI is InChI=1S/C13H16F8O4/c1-2-8(23)25-9(24)4-6-11(16,17)13(20,21)12(18,19)10(14,15)5-3-7-22/h2,9,22,24H,1,3-7H2. The molecule has 25 heavy (non-hydrogen) atoms. The molecule has 0 rings (SSSR count). The third kappa shape index (κ3) is 5.27. The Bertz CT molecular complexity index is 467. The molecule has 0 aliphatic carbocycles. The van der Waals surface area contributed by atoms with E-state index < -0.39 is 68.2 Å². The summed E-state index contributed by atoms with van der Waals surface area (Å²) >= 11 is 0. The lowest BCUT2D eigenvalue weighted by molar-refractivity contribution is -0.369. The summed E-state index contributed by atoms with van der Waals surface area (Å²) in [4.78, 5) is 10.7. The van der Waals surface area contributed by atoms with Gasteiger partial charge in [0.25, 0.3) is 0 Å². The molecular formula is C13H16F8O4. The molecule has 0 bridgehead atoms. The van der Waals surface area contributed by atoms with Gasteiger partial charge >= 0.3 is 29.7 Å². The maximum Gasteiger partial charge on any atom is 0.378 e. The number of hydrogen-bond acceptors (Lipinski definition) is 4. The van der Waals surface area contributed by atoms with Crippen LogP contribution in [0.15, 0.2) is 12.7 Å². The van der Waals surface area contributed by atoms with Crippen molar-refractivity contribution in [1.82, 2.24) is 0 Å². The van der Waals surface area contributed by atoms with Crippen LogP contribution in [0.5, 0.6) is 0 Å². The summed E-state index contributed by atoms with van der Waals surface area (Å²) in [7, 11) is 0. The van der Waals surface area contributed by atoms with Gasteiger partial charge in [-0.25, -0.2) is 4.79 Å². The van der Waals surface area contributed by atoms with Crippen LogP contribution in [0.1, 0.15) is 25.7 Å². The second kappa shape index (κ2) is 8.30. The number of aliphatic hydroxyl groups is 2. The van der Waals surface area contributed by atoms with Gasteiger partial charge in [-0.05, 0) is 6.42 Å². The Morgan fingerprint density at radius 3 is 1.84 bits per heavy atom. The van der Waals surface area contributed by atoms with Crippen LogP contribution in [0.3, 0.4) is 0 Å². The molecule has 0 saturated carbocycles. The van der Waals surface area contributed by atoms with Crippen LogP contribution >= 0.6 is 0 Å². The predicted molar refractivity (Wildman–Crippen MR) is 67.6 cm³/mol. The van der Waals surface area contributed by atoms with Gasteiger partial charge in [0.15, 0.2) is 0 Å². The molecule has 0 aromatic carbocycles. The quantitative estimate of drug-likeness (QED) is 0.247. The van der Waals surface area contributed by atoms with Crippen LogP contribution in [-0.4, -0.2) is 52.8 Å². The molecule has 0 fully saturated rings. The van der Waals surface area contributed by atoms with E-state index in [4.69, 9.17) is 10.2 Å². The van der Waals surface area contributed by atoms with Crippen LogP contribution in [0.25, 0.3) is 0 Å². The third-order valence-electron chi connectivity index (χ3n) is 3.09. The summed E-state index contributed by atoms with van der Waals surface area (Å²) in [6, 6.07) is 0. The second-order valence-electron chi connectivity index (χ2n) is 5.02. The minimum atomic E-state index is -6.47. The van der Waals surface area contributed by atoms with Crippen LogP contribution in [-0.2, 0) is 9.53 Å². The lowest BCUT2D eigenvalue weighted by Crippen LogP contribution is -2.62. The first kappa shape index (κ1) is 23.6. The topological polar surface area (TPSA) is 66.8 Å². The average Bonchev–Trinajstić information content (AvgIpc) is 2.50. The largest absolute Gasteiger partial charge is 0.433 e. The molecule has 0 aliphatic rings. The fourth-order valence-electron chi connectivity index (χ4n) is 1.62. The van der Waals surface area contributed by atoms with Crippen molar-refractivity contribution in [1.29, 1.82) is 0 Å². The van der Waals surface area contributed by atoms with E-state index in [2.05, 4.69) is 11.3 Å². The van der Waals surface area contributed by atoms with Gasteiger partial charge in [-0.1, -0.05) is 6.58 Å². The Morgan fingerprint density at radius 1 is 1.00 bits per heavy atom. The molecule has 0 amide bonds. The molecule has 0 radical (unpaired) electrons. The maximum absolute atomic E-state index is 13.4. The van der Waals surface area contributed by atoms with Crippen molar-refractivity contribution in [3.63, 3.8) is 0 Å². The molecule has 0 aromatic rings. The highest BCUT2D eigenvalue weighted by atomic mass is 19.4. The van der Waals surface area contributed by atoms with Gasteiger partial charge in [0.05, 0.1) is 0 Å². The zero-order valence-electron chi connectivity index (χ0n) is 12.6. The van der Waals surface area contributed by atoms with Gasteiger partial charge in [0.1, 0.15) is 0 Å². The van der Waals surface area contributed by atoms with E-state index in [1.807, 2.05) is 0 Å². The van der Waals surface area contributed by atoms with Crippen LogP contribution in [0.4, 0.5) is 35.1 Å². The average molecular weight is 388 g/mol. The van der Waals surface area contributed by atoms with Crippen molar-refractivity contribution < 1.29 is 54.9 Å². The normalized spacial score (nSPS) is 15.0. The van der Waals surface area contributed by atoms with Crippen LogP contribution < -0.4 is 0 Å². The molecular weight excluding hydrogens is 372 g/mol. The van der Waals surface area contributed by atoms with Gasteiger partial charge < -0.3 is 14.9 Å². The Morgan fingerprint density at radius 2 is 1.44 bits per heavy atom. The number of carbonyl (C=O) groups excluding carboxylic acids is 1. The smallest absolute Gasteiger partial charge is 0.378 e. The van der Waals surface area contributed by atoms with Crippen molar-refractivity contribution in [2.45, 2.75) is 55.7 Å². The number of aliphatic hydroxyl groups excluding tert-OH is 2. The van der Waals surface area contributed by atoms with Gasteiger partial charge in [-0.2, -0.15) is 35.1 Å². The van der Waals surface area contributed by atoms with E-state index in [1.54, 1.807) is 0 Å². The number of hydrogen-bond donors (Lipinski definition) is 2. The summed E-state index contributed by atoms with van der Waals surface area (Å²) in [5.41, 5.74) is 0. The molecule has 148 valence electrons. The predicted octanol–water partition coefficient (Wildman–Crippen LogP) is 3.13. The number of alkyl halides is 8. The molecule has 12 heteroatoms. The molecule has 0 heterocycles. The summed E-state index contributed by atoms with van der Waals surface area (Å²) in [6.07, 6.45) is -8.39. The molecule has 0 aliphatic heterocycles. The fraction of sp³-hybridized carbons (Fsp3) is 0.769. The zero-order chi connectivity index (χ0) is 20.1. The van der Waals surface area contributed by atoms with E-state index >= 15 is 0 Å². The van der Waals surface area contributed by atoms with Gasteiger partial charge in [-0.15, -0.1) is 0 Å². The first-order valence-corrected chi connectivity index (χ1v) is 6.79. The lowest BCUT2D eigenvalue weighted by atomic mass is 9.93. The SMILES string of the molecule is C=CC(=O)OC(O)CCC(F)(F)C(F)(F)C(F)(F)C(F)(F)CCCO. The minimum absolute atomic E-state index is 0.506. The van der Waals surface area contributed by atoms with Crippen molar-refractivity contribution in [2.24, 2.45) is 0 Å². The summed E-state index contributed by atoms with van der Waals surface area (Å²) in [6.45, 7) is 1.86. The van der Waals surface area contributed by atoms with Gasteiger partial charge in [0.2, 0.25) is 6.29 Å². The Balaban J connectivity index is 5.23. The highest BCUT2D eigenvalue weighted by Gasteiger charge is 2.79. The first-order valence-electron chi connectivity index (χ1n) is 6.79. The Kier molecular flexibility index (Phi) is 7.82. The van der Waals surface area contributed by atoms with Crippen molar-refractivity contribution >= 4 is 5.97 Å². The number of ether oxygens (including phenoxy) is 1. The van der Waals surface area contributed by atoms with E-state index in [1.165, 1.54) is 0 Å². The fourth-order valence-corrected chi connectivity index (χ4v) is 1.62. The minimum Gasteiger partial charge on any atom is -0.433 e. The molecule has 0 spiro atoms. The van der Waals surface area contributed by atoms with Crippen LogP contribution in [0.2, 0.25) is 0 Å².